The van der Waals surface area contributed by atoms with Gasteiger partial charge in [0.1, 0.15) is 0 Å². The first-order valence-corrected chi connectivity index (χ1v) is 5.61. The Morgan fingerprint density at radius 1 is 1.53 bits per heavy atom. The standard InChI is InChI=1S/C10H8ClF2IO/c1-10(12,13)9(15)5-6-4-7(11)2-3-8(6)14/h2-4H,5H2,1H3. The molecule has 5 heteroatoms. The zero-order chi connectivity index (χ0) is 11.6. The molecule has 0 saturated heterocycles. The van der Waals surface area contributed by atoms with Crippen LogP contribution in [0.3, 0.4) is 0 Å². The van der Waals surface area contributed by atoms with Gasteiger partial charge in [-0.3, -0.25) is 4.79 Å². The molecule has 1 rings (SSSR count). The Bertz CT molecular complexity index is 387. The van der Waals surface area contributed by atoms with Crippen LogP contribution in [0.4, 0.5) is 8.78 Å². The molecule has 1 aromatic rings. The normalized spacial score (nSPS) is 11.5. The monoisotopic (exact) mass is 344 g/mol. The molecular weight excluding hydrogens is 336 g/mol. The van der Waals surface area contributed by atoms with Gasteiger partial charge in [0.05, 0.1) is 0 Å². The van der Waals surface area contributed by atoms with Gasteiger partial charge in [-0.1, -0.05) is 11.6 Å². The second kappa shape index (κ2) is 4.74. The number of carbonyl (C=O) groups is 1. The summed E-state index contributed by atoms with van der Waals surface area (Å²) in [6, 6.07) is 4.88. The zero-order valence-corrected chi connectivity index (χ0v) is 10.8. The molecule has 0 spiro atoms. The van der Waals surface area contributed by atoms with Gasteiger partial charge >= 0.3 is 5.92 Å². The predicted molar refractivity (Wildman–Crippen MR) is 63.5 cm³/mol. The minimum Gasteiger partial charge on any atom is -0.293 e. The van der Waals surface area contributed by atoms with Crippen LogP contribution in [0.15, 0.2) is 18.2 Å². The molecule has 0 fully saturated rings. The lowest BCUT2D eigenvalue weighted by Gasteiger charge is -2.09. The maximum absolute atomic E-state index is 12.6. The first-order valence-electron chi connectivity index (χ1n) is 4.16. The van der Waals surface area contributed by atoms with E-state index in [1.807, 2.05) is 22.6 Å². The van der Waals surface area contributed by atoms with Crippen LogP contribution < -0.4 is 0 Å². The number of alkyl halides is 2. The third kappa shape index (κ3) is 3.68. The van der Waals surface area contributed by atoms with E-state index in [2.05, 4.69) is 0 Å². The van der Waals surface area contributed by atoms with E-state index in [-0.39, 0.29) is 6.42 Å². The number of ketones is 1. The van der Waals surface area contributed by atoms with E-state index in [9.17, 15) is 13.6 Å². The van der Waals surface area contributed by atoms with Gasteiger partial charge in [-0.15, -0.1) is 0 Å². The summed E-state index contributed by atoms with van der Waals surface area (Å²) in [6.07, 6.45) is -0.289. The van der Waals surface area contributed by atoms with E-state index in [0.29, 0.717) is 17.5 Å². The highest BCUT2D eigenvalue weighted by atomic mass is 127. The highest BCUT2D eigenvalue weighted by Gasteiger charge is 2.31. The van der Waals surface area contributed by atoms with Gasteiger partial charge in [-0.25, -0.2) is 0 Å². The molecule has 82 valence electrons. The van der Waals surface area contributed by atoms with Gasteiger partial charge in [-0.05, 0) is 46.4 Å². The molecule has 0 aliphatic carbocycles. The molecule has 0 aromatic heterocycles. The van der Waals surface area contributed by atoms with Gasteiger partial charge in [0.25, 0.3) is 0 Å². The fourth-order valence-electron chi connectivity index (χ4n) is 1.01. The lowest BCUT2D eigenvalue weighted by atomic mass is 10.1. The average molecular weight is 345 g/mol. The molecule has 0 saturated carbocycles. The first kappa shape index (κ1) is 12.8. The Labute approximate surface area is 105 Å². The Balaban J connectivity index is 2.90. The van der Waals surface area contributed by atoms with Crippen molar-refractivity contribution in [2.24, 2.45) is 0 Å². The van der Waals surface area contributed by atoms with Crippen molar-refractivity contribution >= 4 is 40.0 Å². The third-order valence-corrected chi connectivity index (χ3v) is 3.14. The Hall–Kier alpha value is -0.230. The SMILES string of the molecule is CC(F)(F)C(=O)Cc1cc(Cl)ccc1I. The van der Waals surface area contributed by atoms with Gasteiger partial charge < -0.3 is 0 Å². The predicted octanol–water partition coefficient (Wildman–Crippen LogP) is 3.71. The molecule has 0 amide bonds. The largest absolute Gasteiger partial charge is 0.302 e. The van der Waals surface area contributed by atoms with Gasteiger partial charge in [0.2, 0.25) is 5.78 Å². The van der Waals surface area contributed by atoms with E-state index in [0.717, 1.165) is 3.57 Å². The lowest BCUT2D eigenvalue weighted by molar-refractivity contribution is -0.139. The van der Waals surface area contributed by atoms with Crippen LogP contribution in [0.25, 0.3) is 0 Å². The number of carbonyl (C=O) groups excluding carboxylic acids is 1. The summed E-state index contributed by atoms with van der Waals surface area (Å²) >= 11 is 7.70. The summed E-state index contributed by atoms with van der Waals surface area (Å²) in [4.78, 5) is 11.1. The van der Waals surface area contributed by atoms with Crippen molar-refractivity contribution in [2.45, 2.75) is 19.3 Å². The topological polar surface area (TPSA) is 17.1 Å². The summed E-state index contributed by atoms with van der Waals surface area (Å²) in [5.41, 5.74) is 0.537. The molecule has 1 nitrogen and oxygen atoms in total. The van der Waals surface area contributed by atoms with Gasteiger partial charge in [-0.2, -0.15) is 8.78 Å². The molecule has 0 atom stereocenters. The van der Waals surface area contributed by atoms with Crippen molar-refractivity contribution in [3.8, 4) is 0 Å². The van der Waals surface area contributed by atoms with Crippen LogP contribution in [-0.2, 0) is 11.2 Å². The Morgan fingerprint density at radius 2 is 2.13 bits per heavy atom. The second-order valence-electron chi connectivity index (χ2n) is 3.22. The maximum atomic E-state index is 12.6. The summed E-state index contributed by atoms with van der Waals surface area (Å²) in [5.74, 6) is -4.38. The van der Waals surface area contributed by atoms with Crippen LogP contribution >= 0.6 is 34.2 Å². The van der Waals surface area contributed by atoms with Crippen LogP contribution in [0.2, 0.25) is 5.02 Å². The van der Waals surface area contributed by atoms with Gasteiger partial charge in [0, 0.05) is 21.9 Å². The van der Waals surface area contributed by atoms with Crippen molar-refractivity contribution in [1.82, 2.24) is 0 Å². The Morgan fingerprint density at radius 3 is 2.67 bits per heavy atom. The molecule has 1 aromatic carbocycles. The fraction of sp³-hybridized carbons (Fsp3) is 0.300. The molecule has 0 unspecified atom stereocenters. The summed E-state index contributed by atoms with van der Waals surface area (Å²) in [7, 11) is 0. The van der Waals surface area contributed by atoms with Crippen LogP contribution in [0.1, 0.15) is 12.5 Å². The highest BCUT2D eigenvalue weighted by Crippen LogP contribution is 2.22. The van der Waals surface area contributed by atoms with Crippen molar-refractivity contribution < 1.29 is 13.6 Å². The van der Waals surface area contributed by atoms with Gasteiger partial charge in [0.15, 0.2) is 0 Å². The van der Waals surface area contributed by atoms with Crippen molar-refractivity contribution in [3.63, 3.8) is 0 Å². The molecule has 0 aliphatic rings. The smallest absolute Gasteiger partial charge is 0.293 e. The molecule has 0 aliphatic heterocycles. The van der Waals surface area contributed by atoms with Crippen LogP contribution in [-0.4, -0.2) is 11.7 Å². The minimum absolute atomic E-state index is 0.289. The van der Waals surface area contributed by atoms with E-state index >= 15 is 0 Å². The summed E-state index contributed by atoms with van der Waals surface area (Å²) < 4.78 is 26.1. The Kier molecular flexibility index (Phi) is 4.06. The fourth-order valence-corrected chi connectivity index (χ4v) is 1.73. The highest BCUT2D eigenvalue weighted by molar-refractivity contribution is 14.1. The van der Waals surface area contributed by atoms with Crippen LogP contribution in [0, 0.1) is 3.57 Å². The van der Waals surface area contributed by atoms with Crippen LogP contribution in [0.5, 0.6) is 0 Å². The molecule has 0 bridgehead atoms. The van der Waals surface area contributed by atoms with E-state index in [4.69, 9.17) is 11.6 Å². The average Bonchev–Trinajstić information content (AvgIpc) is 2.09. The second-order valence-corrected chi connectivity index (χ2v) is 4.82. The van der Waals surface area contributed by atoms with E-state index in [1.54, 1.807) is 12.1 Å². The zero-order valence-electron chi connectivity index (χ0n) is 7.86. The molecule has 15 heavy (non-hydrogen) atoms. The van der Waals surface area contributed by atoms with Crippen molar-refractivity contribution in [1.29, 1.82) is 0 Å². The quantitative estimate of drug-likeness (QED) is 0.764. The first-order chi connectivity index (χ1) is 6.80. The molecule has 0 radical (unpaired) electrons. The lowest BCUT2D eigenvalue weighted by Crippen LogP contribution is -2.26. The number of hydrogen-bond donors (Lipinski definition) is 0. The number of hydrogen-bond acceptors (Lipinski definition) is 1. The number of halogens is 4. The molecule has 0 N–H and O–H groups in total. The number of rotatable bonds is 3. The molecule has 0 heterocycles. The van der Waals surface area contributed by atoms with Crippen molar-refractivity contribution in [3.05, 3.63) is 32.4 Å². The maximum Gasteiger partial charge on any atom is 0.302 e. The number of Topliss-reactive ketones (excluding diaryl/α,β-unsaturated/α-hetero) is 1. The van der Waals surface area contributed by atoms with Crippen molar-refractivity contribution in [2.75, 3.05) is 0 Å². The third-order valence-electron chi connectivity index (χ3n) is 1.85. The minimum atomic E-state index is -3.29. The molecular formula is C10H8ClF2IO. The summed E-state index contributed by atoms with van der Waals surface area (Å²) in [5, 5.41) is 0.442. The summed E-state index contributed by atoms with van der Waals surface area (Å²) in [6.45, 7) is 0.604. The number of benzene rings is 1. The van der Waals surface area contributed by atoms with E-state index < -0.39 is 11.7 Å². The van der Waals surface area contributed by atoms with E-state index in [1.165, 1.54) is 6.07 Å².